The number of cyclic esters (lactones) is 1. The Morgan fingerprint density at radius 3 is 2.71 bits per heavy atom. The number of nitrogens with zero attached hydrogens (tertiary/aromatic N) is 2. The molecule has 31 heavy (non-hydrogen) atoms. The minimum Gasteiger partial charge on any atom is -0.448 e. The molecule has 1 aromatic carbocycles. The Labute approximate surface area is 186 Å². The van der Waals surface area contributed by atoms with Crippen LogP contribution in [0.1, 0.15) is 28.8 Å². The molecule has 3 aliphatic heterocycles. The SMILES string of the molecule is Cl.O=C1Nc2ccc(CN3CCOC3=O)cc2C1=Cc1cc(CN2CC3C[C@@H]3C2)c[nH]1. The molecule has 6 rings (SSSR count). The molecule has 162 valence electrons. The zero-order chi connectivity index (χ0) is 20.2. The maximum Gasteiger partial charge on any atom is 0.410 e. The Hall–Kier alpha value is -2.77. The van der Waals surface area contributed by atoms with Gasteiger partial charge in [-0.2, -0.15) is 0 Å². The highest BCUT2D eigenvalue weighted by atomic mass is 35.5. The number of piperidine rings is 1. The minimum atomic E-state index is -0.283. The molecule has 2 aromatic rings. The fourth-order valence-corrected chi connectivity index (χ4v) is 4.94. The first kappa shape index (κ1) is 20.2. The molecule has 1 unspecified atom stereocenters. The van der Waals surface area contributed by atoms with E-state index >= 15 is 0 Å². The summed E-state index contributed by atoms with van der Waals surface area (Å²) in [6.45, 7) is 4.91. The first-order chi connectivity index (χ1) is 14.6. The molecule has 2 N–H and O–H groups in total. The lowest BCUT2D eigenvalue weighted by molar-refractivity contribution is -0.110. The highest BCUT2D eigenvalue weighted by Crippen LogP contribution is 2.45. The van der Waals surface area contributed by atoms with Crippen LogP contribution in [0.15, 0.2) is 30.5 Å². The molecule has 0 spiro atoms. The quantitative estimate of drug-likeness (QED) is 0.699. The Balaban J connectivity index is 0.00000204. The molecule has 7 nitrogen and oxygen atoms in total. The lowest BCUT2D eigenvalue weighted by atomic mass is 10.0. The van der Waals surface area contributed by atoms with Crippen LogP contribution < -0.4 is 5.32 Å². The topological polar surface area (TPSA) is 77.7 Å². The number of hydrogen-bond donors (Lipinski definition) is 2. The van der Waals surface area contributed by atoms with Gasteiger partial charge in [-0.1, -0.05) is 6.07 Å². The minimum absolute atomic E-state index is 0. The molecule has 4 heterocycles. The molecule has 2 atom stereocenters. The van der Waals surface area contributed by atoms with Crippen molar-refractivity contribution in [3.8, 4) is 0 Å². The number of carbonyl (C=O) groups is 2. The molecule has 1 saturated carbocycles. The molecular weight excluding hydrogens is 416 g/mol. The summed E-state index contributed by atoms with van der Waals surface area (Å²) in [4.78, 5) is 31.8. The molecule has 3 fully saturated rings. The van der Waals surface area contributed by atoms with E-state index in [1.807, 2.05) is 30.5 Å². The largest absolute Gasteiger partial charge is 0.448 e. The normalized spacial score (nSPS) is 25.3. The van der Waals surface area contributed by atoms with Crippen LogP contribution in [0.4, 0.5) is 10.5 Å². The van der Waals surface area contributed by atoms with E-state index in [9.17, 15) is 9.59 Å². The summed E-state index contributed by atoms with van der Waals surface area (Å²) < 4.78 is 5.01. The number of nitrogens with one attached hydrogen (secondary N) is 2. The van der Waals surface area contributed by atoms with Gasteiger partial charge in [-0.3, -0.25) is 9.69 Å². The van der Waals surface area contributed by atoms with Gasteiger partial charge in [0.1, 0.15) is 6.61 Å². The van der Waals surface area contributed by atoms with E-state index in [0.29, 0.717) is 25.3 Å². The summed E-state index contributed by atoms with van der Waals surface area (Å²) in [6.07, 6.45) is 5.09. The number of amides is 2. The molecule has 4 aliphatic rings. The number of rotatable bonds is 5. The Kier molecular flexibility index (Phi) is 5.02. The lowest BCUT2D eigenvalue weighted by Crippen LogP contribution is -2.23. The highest BCUT2D eigenvalue weighted by molar-refractivity contribution is 6.34. The van der Waals surface area contributed by atoms with Crippen molar-refractivity contribution in [3.05, 3.63) is 52.8 Å². The summed E-state index contributed by atoms with van der Waals surface area (Å²) >= 11 is 0. The van der Waals surface area contributed by atoms with Crippen LogP contribution in [0.25, 0.3) is 11.6 Å². The number of halogens is 1. The van der Waals surface area contributed by atoms with Crippen LogP contribution in [0.3, 0.4) is 0 Å². The molecule has 2 saturated heterocycles. The van der Waals surface area contributed by atoms with Crippen molar-refractivity contribution in [2.24, 2.45) is 11.8 Å². The maximum absolute atomic E-state index is 12.6. The number of aromatic amines is 1. The molecule has 2 amide bonds. The number of fused-ring (bicyclic) bond motifs is 2. The Bertz CT molecular complexity index is 1070. The van der Waals surface area contributed by atoms with Crippen LogP contribution >= 0.6 is 12.4 Å². The summed E-state index contributed by atoms with van der Waals surface area (Å²) in [5.74, 6) is 1.76. The maximum atomic E-state index is 12.6. The predicted octanol–water partition coefficient (Wildman–Crippen LogP) is 3.33. The summed E-state index contributed by atoms with van der Waals surface area (Å²) in [5, 5.41) is 2.94. The van der Waals surface area contributed by atoms with Gasteiger partial charge in [-0.05, 0) is 53.7 Å². The number of ether oxygens (including phenoxy) is 1. The summed E-state index contributed by atoms with van der Waals surface area (Å²) in [5.41, 5.74) is 5.49. The first-order valence-electron chi connectivity index (χ1n) is 10.6. The van der Waals surface area contributed by atoms with Gasteiger partial charge in [0.2, 0.25) is 0 Å². The van der Waals surface area contributed by atoms with Gasteiger partial charge in [0.15, 0.2) is 0 Å². The zero-order valence-corrected chi connectivity index (χ0v) is 17.9. The molecule has 1 aromatic heterocycles. The second kappa shape index (κ2) is 7.73. The zero-order valence-electron chi connectivity index (χ0n) is 17.1. The molecule has 1 aliphatic carbocycles. The van der Waals surface area contributed by atoms with E-state index in [-0.39, 0.29) is 24.4 Å². The smallest absolute Gasteiger partial charge is 0.410 e. The molecular formula is C23H25ClN4O3. The average molecular weight is 441 g/mol. The van der Waals surface area contributed by atoms with Gasteiger partial charge < -0.3 is 19.9 Å². The number of likely N-dealkylation sites (tertiary alicyclic amines) is 1. The second-order valence-electron chi connectivity index (χ2n) is 8.84. The standard InChI is InChI=1S/C23H24N4O3.ClH/c28-22-20(8-18-5-15(9-24-18)10-26-12-16-7-17(16)13-26)19-6-14(1-2-21(19)25-22)11-27-3-4-30-23(27)29;/h1-2,5-6,8-9,16-17,24H,3-4,7,10-13H2,(H,25,28);1H/t16-,17?;/m1./s1. The molecule has 8 heteroatoms. The third-order valence-corrected chi connectivity index (χ3v) is 6.61. The summed E-state index contributed by atoms with van der Waals surface area (Å²) in [7, 11) is 0. The number of aromatic nitrogens is 1. The number of anilines is 1. The third kappa shape index (κ3) is 3.83. The van der Waals surface area contributed by atoms with Crippen molar-refractivity contribution in [3.63, 3.8) is 0 Å². The van der Waals surface area contributed by atoms with Gasteiger partial charge in [-0.15, -0.1) is 12.4 Å². The second-order valence-corrected chi connectivity index (χ2v) is 8.84. The fourth-order valence-electron chi connectivity index (χ4n) is 4.94. The van der Waals surface area contributed by atoms with Crippen LogP contribution in [0.2, 0.25) is 0 Å². The number of hydrogen-bond acceptors (Lipinski definition) is 4. The van der Waals surface area contributed by atoms with E-state index in [4.69, 9.17) is 4.74 Å². The summed E-state index contributed by atoms with van der Waals surface area (Å²) in [6, 6.07) is 7.97. The average Bonchev–Trinajstić information content (AvgIpc) is 3.13. The van der Waals surface area contributed by atoms with Crippen molar-refractivity contribution >= 4 is 41.7 Å². The lowest BCUT2D eigenvalue weighted by Gasteiger charge is -2.15. The van der Waals surface area contributed by atoms with Crippen LogP contribution in [0.5, 0.6) is 0 Å². The van der Waals surface area contributed by atoms with Crippen molar-refractivity contribution in [1.82, 2.24) is 14.8 Å². The van der Waals surface area contributed by atoms with E-state index < -0.39 is 0 Å². The third-order valence-electron chi connectivity index (χ3n) is 6.61. The van der Waals surface area contributed by atoms with Gasteiger partial charge in [0.25, 0.3) is 5.91 Å². The number of H-pyrrole nitrogens is 1. The van der Waals surface area contributed by atoms with Gasteiger partial charge >= 0.3 is 6.09 Å². The van der Waals surface area contributed by atoms with E-state index in [2.05, 4.69) is 21.3 Å². The van der Waals surface area contributed by atoms with Crippen LogP contribution in [-0.2, 0) is 22.6 Å². The fraction of sp³-hybridized carbons (Fsp3) is 0.391. The number of carbonyl (C=O) groups excluding carboxylic acids is 2. The van der Waals surface area contributed by atoms with Crippen molar-refractivity contribution in [1.29, 1.82) is 0 Å². The van der Waals surface area contributed by atoms with Crippen molar-refractivity contribution in [2.75, 3.05) is 31.6 Å². The first-order valence-corrected chi connectivity index (χ1v) is 10.6. The Morgan fingerprint density at radius 2 is 1.94 bits per heavy atom. The highest BCUT2D eigenvalue weighted by Gasteiger charge is 2.44. The molecule has 0 bridgehead atoms. The van der Waals surface area contributed by atoms with E-state index in [1.165, 1.54) is 25.1 Å². The van der Waals surface area contributed by atoms with Gasteiger partial charge in [0.05, 0.1) is 12.1 Å². The van der Waals surface area contributed by atoms with Crippen molar-refractivity contribution < 1.29 is 14.3 Å². The van der Waals surface area contributed by atoms with Crippen molar-refractivity contribution in [2.45, 2.75) is 19.5 Å². The Morgan fingerprint density at radius 1 is 1.10 bits per heavy atom. The number of benzene rings is 1. The predicted molar refractivity (Wildman–Crippen MR) is 120 cm³/mol. The van der Waals surface area contributed by atoms with Crippen LogP contribution in [0, 0.1) is 11.8 Å². The molecule has 0 radical (unpaired) electrons. The monoisotopic (exact) mass is 440 g/mol. The van der Waals surface area contributed by atoms with Gasteiger partial charge in [-0.25, -0.2) is 4.79 Å². The van der Waals surface area contributed by atoms with Crippen LogP contribution in [-0.4, -0.2) is 53.0 Å². The van der Waals surface area contributed by atoms with Gasteiger partial charge in [0, 0.05) is 49.3 Å². The van der Waals surface area contributed by atoms with E-state index in [0.717, 1.165) is 40.9 Å². The van der Waals surface area contributed by atoms with E-state index in [1.54, 1.807) is 4.90 Å².